The van der Waals surface area contributed by atoms with Crippen molar-refractivity contribution in [2.24, 2.45) is 11.8 Å². The van der Waals surface area contributed by atoms with Crippen molar-refractivity contribution in [2.45, 2.75) is 59.0 Å². The molecule has 0 saturated carbocycles. The van der Waals surface area contributed by atoms with E-state index >= 15 is 0 Å². The Bertz CT molecular complexity index is 564. The van der Waals surface area contributed by atoms with Crippen LogP contribution in [0.2, 0.25) is 0 Å². The fraction of sp³-hybridized carbons (Fsp3) is 0.571. The van der Waals surface area contributed by atoms with Gasteiger partial charge >= 0.3 is 5.97 Å². The van der Waals surface area contributed by atoms with E-state index in [1.807, 2.05) is 31.2 Å². The summed E-state index contributed by atoms with van der Waals surface area (Å²) < 4.78 is 11.3. The van der Waals surface area contributed by atoms with Gasteiger partial charge in [-0.05, 0) is 30.9 Å². The molecule has 0 unspecified atom stereocenters. The van der Waals surface area contributed by atoms with Crippen molar-refractivity contribution in [1.82, 2.24) is 0 Å². The number of fused-ring (bicyclic) bond motifs is 1. The van der Waals surface area contributed by atoms with E-state index in [1.165, 1.54) is 19.3 Å². The van der Waals surface area contributed by atoms with Gasteiger partial charge < -0.3 is 9.47 Å². The maximum absolute atomic E-state index is 12.5. The highest BCUT2D eigenvalue weighted by Gasteiger charge is 2.39. The molecule has 0 bridgehead atoms. The van der Waals surface area contributed by atoms with Crippen molar-refractivity contribution in [3.05, 3.63) is 36.4 Å². The molecule has 0 aromatic heterocycles. The number of esters is 1. The zero-order chi connectivity index (χ0) is 17.5. The average Bonchev–Trinajstić information content (AvgIpc) is 2.60. The van der Waals surface area contributed by atoms with E-state index in [0.717, 1.165) is 29.7 Å². The highest BCUT2D eigenvalue weighted by molar-refractivity contribution is 5.83. The summed E-state index contributed by atoms with van der Waals surface area (Å²) in [5.41, 5.74) is 2.03. The van der Waals surface area contributed by atoms with E-state index in [0.29, 0.717) is 12.5 Å². The van der Waals surface area contributed by atoms with Crippen molar-refractivity contribution in [3.8, 4) is 5.75 Å². The lowest BCUT2D eigenvalue weighted by molar-refractivity contribution is -0.153. The van der Waals surface area contributed by atoms with Crippen molar-refractivity contribution < 1.29 is 14.3 Å². The van der Waals surface area contributed by atoms with Crippen LogP contribution in [0.1, 0.15) is 58.4 Å². The standard InChI is InChI=1S/C21H30O3/c1-5-8-11-16(6-2)14-18-15(4)17-12-9-10-13-19(17)24-20(18)21(22)23-7-3/h9-10,12-13,16,18,20H,4-8,11,14H2,1-3H3/t16-,18-,20-/m1/s1. The van der Waals surface area contributed by atoms with Crippen LogP contribution in [-0.4, -0.2) is 18.7 Å². The van der Waals surface area contributed by atoms with Crippen molar-refractivity contribution in [2.75, 3.05) is 6.61 Å². The van der Waals surface area contributed by atoms with Gasteiger partial charge in [0.05, 0.1) is 6.61 Å². The van der Waals surface area contributed by atoms with Gasteiger partial charge in [-0.1, -0.05) is 64.3 Å². The largest absolute Gasteiger partial charge is 0.477 e. The molecule has 3 heteroatoms. The second-order valence-electron chi connectivity index (χ2n) is 6.57. The summed E-state index contributed by atoms with van der Waals surface area (Å²) in [7, 11) is 0. The van der Waals surface area contributed by atoms with Crippen LogP contribution in [0.4, 0.5) is 0 Å². The molecule has 3 atom stereocenters. The van der Waals surface area contributed by atoms with Crippen LogP contribution in [0, 0.1) is 11.8 Å². The first-order valence-electron chi connectivity index (χ1n) is 9.23. The maximum Gasteiger partial charge on any atom is 0.347 e. The number of hydrogen-bond donors (Lipinski definition) is 0. The fourth-order valence-corrected chi connectivity index (χ4v) is 3.48. The second kappa shape index (κ2) is 8.91. The molecule has 0 fully saturated rings. The summed E-state index contributed by atoms with van der Waals surface area (Å²) in [6.45, 7) is 10.9. The van der Waals surface area contributed by atoms with Gasteiger partial charge in [-0.15, -0.1) is 0 Å². The summed E-state index contributed by atoms with van der Waals surface area (Å²) in [5.74, 6) is 1.03. The number of rotatable bonds is 8. The molecule has 24 heavy (non-hydrogen) atoms. The van der Waals surface area contributed by atoms with Gasteiger partial charge in [0.1, 0.15) is 5.75 Å². The lowest BCUT2D eigenvalue weighted by Gasteiger charge is -2.35. The number of carbonyl (C=O) groups is 1. The number of para-hydroxylation sites is 1. The molecule has 1 aliphatic rings. The fourth-order valence-electron chi connectivity index (χ4n) is 3.48. The molecule has 0 N–H and O–H groups in total. The third kappa shape index (κ3) is 4.19. The number of ether oxygens (including phenoxy) is 2. The van der Waals surface area contributed by atoms with Gasteiger partial charge in [0.25, 0.3) is 0 Å². The van der Waals surface area contributed by atoms with Crippen LogP contribution < -0.4 is 4.74 Å². The topological polar surface area (TPSA) is 35.5 Å². The minimum absolute atomic E-state index is 0.0132. The molecule has 2 rings (SSSR count). The van der Waals surface area contributed by atoms with Gasteiger partial charge in [0.15, 0.2) is 0 Å². The molecule has 132 valence electrons. The molecule has 0 saturated heterocycles. The van der Waals surface area contributed by atoms with E-state index in [1.54, 1.807) is 0 Å². The third-order valence-corrected chi connectivity index (χ3v) is 4.95. The molecule has 0 amide bonds. The summed E-state index contributed by atoms with van der Waals surface area (Å²) in [6.07, 6.45) is 5.06. The van der Waals surface area contributed by atoms with Crippen LogP contribution in [0.15, 0.2) is 30.8 Å². The Balaban J connectivity index is 2.25. The SMILES string of the molecule is C=C1c2ccccc2O[C@@H](C(=O)OCC)[C@@H]1C[C@H](CC)CCCC. The predicted molar refractivity (Wildman–Crippen MR) is 97.9 cm³/mol. The van der Waals surface area contributed by atoms with E-state index in [2.05, 4.69) is 20.4 Å². The molecule has 1 heterocycles. The first-order chi connectivity index (χ1) is 11.6. The smallest absolute Gasteiger partial charge is 0.347 e. The van der Waals surface area contributed by atoms with Crippen molar-refractivity contribution in [1.29, 1.82) is 0 Å². The van der Waals surface area contributed by atoms with Gasteiger partial charge in [0, 0.05) is 11.5 Å². The van der Waals surface area contributed by atoms with Crippen LogP contribution in [0.3, 0.4) is 0 Å². The zero-order valence-electron chi connectivity index (χ0n) is 15.2. The summed E-state index contributed by atoms with van der Waals surface area (Å²) in [6, 6.07) is 7.84. The van der Waals surface area contributed by atoms with Crippen LogP contribution in [0.5, 0.6) is 5.75 Å². The monoisotopic (exact) mass is 330 g/mol. The van der Waals surface area contributed by atoms with E-state index < -0.39 is 6.10 Å². The lowest BCUT2D eigenvalue weighted by atomic mass is 9.78. The van der Waals surface area contributed by atoms with E-state index in [4.69, 9.17) is 9.47 Å². The van der Waals surface area contributed by atoms with Crippen LogP contribution in [0.25, 0.3) is 5.57 Å². The second-order valence-corrected chi connectivity index (χ2v) is 6.57. The van der Waals surface area contributed by atoms with Crippen molar-refractivity contribution >= 4 is 11.5 Å². The Kier molecular flexibility index (Phi) is 6.89. The highest BCUT2D eigenvalue weighted by atomic mass is 16.6. The first kappa shape index (κ1) is 18.6. The lowest BCUT2D eigenvalue weighted by Crippen LogP contribution is -2.41. The zero-order valence-corrected chi connectivity index (χ0v) is 15.2. The molecule has 0 aliphatic carbocycles. The Morgan fingerprint density at radius 3 is 2.71 bits per heavy atom. The summed E-state index contributed by atoms with van der Waals surface area (Å²) >= 11 is 0. The average molecular weight is 330 g/mol. The van der Waals surface area contributed by atoms with Gasteiger partial charge in [-0.2, -0.15) is 0 Å². The number of carbonyl (C=O) groups excluding carboxylic acids is 1. The Labute approximate surface area is 146 Å². The first-order valence-corrected chi connectivity index (χ1v) is 9.23. The molecule has 0 spiro atoms. The van der Waals surface area contributed by atoms with E-state index in [9.17, 15) is 4.79 Å². The summed E-state index contributed by atoms with van der Waals surface area (Å²) in [5, 5.41) is 0. The molecule has 3 nitrogen and oxygen atoms in total. The normalized spacial score (nSPS) is 20.9. The Hall–Kier alpha value is -1.77. The Morgan fingerprint density at radius 1 is 1.29 bits per heavy atom. The van der Waals surface area contributed by atoms with Crippen molar-refractivity contribution in [3.63, 3.8) is 0 Å². The molecular formula is C21H30O3. The molecule has 1 aromatic carbocycles. The molecule has 1 aromatic rings. The van der Waals surface area contributed by atoms with Crippen LogP contribution in [-0.2, 0) is 9.53 Å². The quantitative estimate of drug-likeness (QED) is 0.611. The molecule has 0 radical (unpaired) electrons. The number of hydrogen-bond acceptors (Lipinski definition) is 3. The maximum atomic E-state index is 12.5. The summed E-state index contributed by atoms with van der Waals surface area (Å²) in [4.78, 5) is 12.5. The highest BCUT2D eigenvalue weighted by Crippen LogP contribution is 2.42. The van der Waals surface area contributed by atoms with Gasteiger partial charge in [-0.3, -0.25) is 0 Å². The van der Waals surface area contributed by atoms with Gasteiger partial charge in [0.2, 0.25) is 6.10 Å². The van der Waals surface area contributed by atoms with Gasteiger partial charge in [-0.25, -0.2) is 4.79 Å². The molecule has 1 aliphatic heterocycles. The minimum Gasteiger partial charge on any atom is -0.477 e. The predicted octanol–water partition coefficient (Wildman–Crippen LogP) is 5.25. The minimum atomic E-state index is -0.581. The third-order valence-electron chi connectivity index (χ3n) is 4.95. The number of unbranched alkanes of at least 4 members (excludes halogenated alkanes) is 1. The van der Waals surface area contributed by atoms with Crippen LogP contribution >= 0.6 is 0 Å². The Morgan fingerprint density at radius 2 is 2.04 bits per heavy atom. The number of benzene rings is 1. The van der Waals surface area contributed by atoms with E-state index in [-0.39, 0.29) is 11.9 Å². The molecular weight excluding hydrogens is 300 g/mol.